The van der Waals surface area contributed by atoms with Gasteiger partial charge in [-0.15, -0.1) is 0 Å². The van der Waals surface area contributed by atoms with E-state index in [-0.39, 0.29) is 36.4 Å². The Labute approximate surface area is 144 Å². The molecule has 0 spiro atoms. The topological polar surface area (TPSA) is 123 Å². The van der Waals surface area contributed by atoms with Gasteiger partial charge in [0.1, 0.15) is 18.0 Å². The second-order valence-corrected chi connectivity index (χ2v) is 7.26. The Morgan fingerprint density at radius 1 is 1.36 bits per heavy atom. The Kier molecular flexibility index (Phi) is 4.07. The molecule has 2 bridgehead atoms. The Hall–Kier alpha value is -1.74. The number of rotatable bonds is 2. The van der Waals surface area contributed by atoms with Crippen LogP contribution in [0.4, 0.5) is 0 Å². The molecule has 0 aromatic heterocycles. The molecule has 4 atom stereocenters. The zero-order valence-electron chi connectivity index (χ0n) is 14.4. The molecule has 0 aromatic rings. The van der Waals surface area contributed by atoms with Crippen molar-refractivity contribution in [1.82, 2.24) is 0 Å². The van der Waals surface area contributed by atoms with Crippen molar-refractivity contribution in [3.63, 3.8) is 0 Å². The maximum absolute atomic E-state index is 12.2. The van der Waals surface area contributed by atoms with Gasteiger partial charge in [0, 0.05) is 25.3 Å². The van der Waals surface area contributed by atoms with Gasteiger partial charge < -0.3 is 29.5 Å². The number of aliphatic hydroxyl groups excluding tert-OH is 1. The van der Waals surface area contributed by atoms with E-state index in [2.05, 4.69) is 0 Å². The lowest BCUT2D eigenvalue weighted by Gasteiger charge is -2.39. The summed E-state index contributed by atoms with van der Waals surface area (Å²) in [4.78, 5) is 23.2. The lowest BCUT2D eigenvalue weighted by Crippen LogP contribution is -2.54. The summed E-state index contributed by atoms with van der Waals surface area (Å²) >= 11 is 0. The number of carbonyl (C=O) groups is 2. The van der Waals surface area contributed by atoms with Crippen LogP contribution in [0.2, 0.25) is 0 Å². The lowest BCUT2D eigenvalue weighted by atomic mass is 9.82. The first-order valence-electron chi connectivity index (χ1n) is 8.11. The molecule has 8 nitrogen and oxygen atoms in total. The van der Waals surface area contributed by atoms with Crippen LogP contribution in [0, 0.1) is 0 Å². The molecule has 0 aliphatic carbocycles. The molecule has 1 saturated heterocycles. The summed E-state index contributed by atoms with van der Waals surface area (Å²) in [5.74, 6) is -3.03. The maximum Gasteiger partial charge on any atom is 0.343 e. The number of aliphatic hydroxyl groups is 3. The Morgan fingerprint density at radius 3 is 2.68 bits per heavy atom. The van der Waals surface area contributed by atoms with Gasteiger partial charge >= 0.3 is 11.9 Å². The molecule has 0 saturated carbocycles. The van der Waals surface area contributed by atoms with E-state index in [1.54, 1.807) is 6.92 Å². The quantitative estimate of drug-likeness (QED) is 0.595. The molecule has 0 aromatic carbocycles. The van der Waals surface area contributed by atoms with Crippen molar-refractivity contribution in [3.8, 4) is 0 Å². The van der Waals surface area contributed by atoms with Crippen LogP contribution in [0.3, 0.4) is 0 Å². The molecule has 3 N–H and O–H groups in total. The maximum atomic E-state index is 12.2. The zero-order valence-corrected chi connectivity index (χ0v) is 14.4. The van der Waals surface area contributed by atoms with Crippen molar-refractivity contribution in [2.45, 2.75) is 63.1 Å². The van der Waals surface area contributed by atoms with Gasteiger partial charge in [0.25, 0.3) is 0 Å². The highest BCUT2D eigenvalue weighted by Gasteiger charge is 2.58. The molecule has 25 heavy (non-hydrogen) atoms. The van der Waals surface area contributed by atoms with E-state index in [0.717, 1.165) is 0 Å². The van der Waals surface area contributed by atoms with Crippen molar-refractivity contribution in [3.05, 3.63) is 23.0 Å². The van der Waals surface area contributed by atoms with Crippen LogP contribution < -0.4 is 0 Å². The predicted octanol–water partition coefficient (Wildman–Crippen LogP) is 0.0601. The van der Waals surface area contributed by atoms with Crippen LogP contribution in [0.25, 0.3) is 0 Å². The molecule has 0 unspecified atom stereocenters. The van der Waals surface area contributed by atoms with E-state index in [4.69, 9.17) is 14.2 Å². The molecule has 3 heterocycles. The van der Waals surface area contributed by atoms with Crippen LogP contribution >= 0.6 is 0 Å². The monoisotopic (exact) mass is 354 g/mol. The number of fused-ring (bicyclic) bond motifs is 3. The molecular weight excluding hydrogens is 332 g/mol. The highest BCUT2D eigenvalue weighted by Crippen LogP contribution is 2.48. The smallest absolute Gasteiger partial charge is 0.343 e. The van der Waals surface area contributed by atoms with Crippen LogP contribution in [0.5, 0.6) is 0 Å². The second kappa shape index (κ2) is 5.63. The number of hydrogen-bond donors (Lipinski definition) is 3. The van der Waals surface area contributed by atoms with Crippen molar-refractivity contribution < 1.29 is 39.1 Å². The standard InChI is InChI=1S/C17H22O8/c1-9(18)23-8-10-13-11(19)6-16(3,21)17(22)5-4-15(2,25-17)7-12(13)24-14(10)20/h7,11,19,21-22H,4-6,8H2,1-3H3/b12-7-/t11-,15-,16+,17+/m0/s1. The van der Waals surface area contributed by atoms with Crippen molar-refractivity contribution in [2.75, 3.05) is 6.61 Å². The number of esters is 2. The molecule has 138 valence electrons. The summed E-state index contributed by atoms with van der Waals surface area (Å²) in [6.07, 6.45) is 0.480. The van der Waals surface area contributed by atoms with Crippen LogP contribution in [-0.2, 0) is 23.8 Å². The Morgan fingerprint density at radius 2 is 2.04 bits per heavy atom. The average molecular weight is 354 g/mol. The highest BCUT2D eigenvalue weighted by atomic mass is 16.7. The predicted molar refractivity (Wildman–Crippen MR) is 82.8 cm³/mol. The molecule has 0 radical (unpaired) electrons. The third-order valence-electron chi connectivity index (χ3n) is 5.02. The van der Waals surface area contributed by atoms with Crippen molar-refractivity contribution in [2.24, 2.45) is 0 Å². The van der Waals surface area contributed by atoms with Gasteiger partial charge in [-0.1, -0.05) is 0 Å². The number of carbonyl (C=O) groups excluding carboxylic acids is 2. The van der Waals surface area contributed by atoms with E-state index in [1.807, 2.05) is 0 Å². The Balaban J connectivity index is 2.09. The summed E-state index contributed by atoms with van der Waals surface area (Å²) in [6.45, 7) is 3.93. The molecule has 0 amide bonds. The molecule has 3 aliphatic rings. The third-order valence-corrected chi connectivity index (χ3v) is 5.02. The molecule has 1 fully saturated rings. The summed E-state index contributed by atoms with van der Waals surface area (Å²) in [5.41, 5.74) is -2.59. The molecule has 3 rings (SSSR count). The normalized spacial score (nSPS) is 42.7. The molecular formula is C17H22O8. The lowest BCUT2D eigenvalue weighted by molar-refractivity contribution is -0.297. The van der Waals surface area contributed by atoms with Crippen LogP contribution in [-0.4, -0.2) is 57.0 Å². The van der Waals surface area contributed by atoms with Crippen molar-refractivity contribution in [1.29, 1.82) is 0 Å². The first kappa shape index (κ1) is 18.1. The van der Waals surface area contributed by atoms with E-state index in [9.17, 15) is 24.9 Å². The zero-order chi connectivity index (χ0) is 18.6. The highest BCUT2D eigenvalue weighted by molar-refractivity contribution is 5.95. The summed E-state index contributed by atoms with van der Waals surface area (Å²) < 4.78 is 15.8. The van der Waals surface area contributed by atoms with Crippen molar-refractivity contribution >= 4 is 11.9 Å². The molecule has 8 heteroatoms. The SMILES string of the molecule is CC(=O)OCC1=C2/C(=C/[C@]3(C)CC[C@@](O)(O3)[C@](C)(O)C[C@@H]2O)OC1=O. The minimum absolute atomic E-state index is 0.0121. The van der Waals surface area contributed by atoms with E-state index in [0.29, 0.717) is 6.42 Å². The van der Waals surface area contributed by atoms with Crippen LogP contribution in [0.1, 0.15) is 40.0 Å². The van der Waals surface area contributed by atoms with E-state index in [1.165, 1.54) is 19.9 Å². The second-order valence-electron chi connectivity index (χ2n) is 7.26. The van der Waals surface area contributed by atoms with E-state index < -0.39 is 35.0 Å². The van der Waals surface area contributed by atoms with Gasteiger partial charge in [0.15, 0.2) is 5.79 Å². The first-order chi connectivity index (χ1) is 11.5. The Bertz CT molecular complexity index is 691. The van der Waals surface area contributed by atoms with E-state index >= 15 is 0 Å². The summed E-state index contributed by atoms with van der Waals surface area (Å²) in [5, 5.41) is 32.1. The summed E-state index contributed by atoms with van der Waals surface area (Å²) in [6, 6.07) is 0. The fourth-order valence-corrected chi connectivity index (χ4v) is 3.56. The summed E-state index contributed by atoms with van der Waals surface area (Å²) in [7, 11) is 0. The average Bonchev–Trinajstić information content (AvgIpc) is 2.94. The van der Waals surface area contributed by atoms with Gasteiger partial charge in [-0.25, -0.2) is 4.79 Å². The van der Waals surface area contributed by atoms with Crippen LogP contribution in [0.15, 0.2) is 23.0 Å². The third kappa shape index (κ3) is 2.99. The number of hydrogen-bond acceptors (Lipinski definition) is 8. The van der Waals surface area contributed by atoms with Gasteiger partial charge in [0.05, 0.1) is 17.3 Å². The fraction of sp³-hybridized carbons (Fsp3) is 0.647. The van der Waals surface area contributed by atoms with Gasteiger partial charge in [-0.3, -0.25) is 4.79 Å². The largest absolute Gasteiger partial charge is 0.461 e. The fourth-order valence-electron chi connectivity index (χ4n) is 3.56. The molecule has 3 aliphatic heterocycles. The first-order valence-corrected chi connectivity index (χ1v) is 8.11. The van der Waals surface area contributed by atoms with Gasteiger partial charge in [-0.05, 0) is 26.3 Å². The number of ether oxygens (including phenoxy) is 3. The minimum Gasteiger partial charge on any atom is -0.461 e. The van der Waals surface area contributed by atoms with Gasteiger partial charge in [-0.2, -0.15) is 0 Å². The van der Waals surface area contributed by atoms with Gasteiger partial charge in [0.2, 0.25) is 0 Å². The minimum atomic E-state index is -1.83.